The van der Waals surface area contributed by atoms with Crippen molar-refractivity contribution in [3.05, 3.63) is 46.9 Å². The summed E-state index contributed by atoms with van der Waals surface area (Å²) in [6, 6.07) is 5.61. The van der Waals surface area contributed by atoms with Gasteiger partial charge in [0.25, 0.3) is 5.91 Å². The fraction of sp³-hybridized carbons (Fsp3) is 0.267. The molecule has 0 atom stereocenters. The summed E-state index contributed by atoms with van der Waals surface area (Å²) in [6.45, 7) is 4.87. The number of rotatable bonds is 5. The molecule has 0 radical (unpaired) electrons. The van der Waals surface area contributed by atoms with E-state index in [1.54, 1.807) is 10.9 Å². The highest BCUT2D eigenvalue weighted by atomic mass is 32.1. The summed E-state index contributed by atoms with van der Waals surface area (Å²) < 4.78 is 7.33. The lowest BCUT2D eigenvalue weighted by Gasteiger charge is -2.04. The van der Waals surface area contributed by atoms with E-state index < -0.39 is 0 Å². The second kappa shape index (κ2) is 6.15. The Kier molecular flexibility index (Phi) is 4.06. The third-order valence-corrected chi connectivity index (χ3v) is 4.31. The van der Waals surface area contributed by atoms with Gasteiger partial charge in [-0.2, -0.15) is 5.10 Å². The molecule has 0 fully saturated rings. The molecule has 3 aromatic rings. The summed E-state index contributed by atoms with van der Waals surface area (Å²) >= 11 is 1.34. The van der Waals surface area contributed by atoms with Gasteiger partial charge in [-0.15, -0.1) is 11.3 Å². The largest absolute Gasteiger partial charge is 0.459 e. The van der Waals surface area contributed by atoms with Crippen LogP contribution in [-0.2, 0) is 6.54 Å². The number of amides is 1. The van der Waals surface area contributed by atoms with Crippen molar-refractivity contribution in [3.8, 4) is 10.8 Å². The minimum Gasteiger partial charge on any atom is -0.459 e. The first kappa shape index (κ1) is 14.5. The molecule has 0 aromatic carbocycles. The van der Waals surface area contributed by atoms with Crippen LogP contribution in [0.2, 0.25) is 0 Å². The number of carbonyl (C=O) groups excluding carboxylic acids is 1. The van der Waals surface area contributed by atoms with Crippen LogP contribution in [0.3, 0.4) is 0 Å². The van der Waals surface area contributed by atoms with Crippen LogP contribution in [0, 0.1) is 13.8 Å². The average Bonchev–Trinajstić information content (AvgIpc) is 3.19. The smallest absolute Gasteiger partial charge is 0.263 e. The van der Waals surface area contributed by atoms with Crippen LogP contribution >= 0.6 is 11.3 Å². The number of carbonyl (C=O) groups is 1. The standard InChI is InChI=1S/C15H16N4O2S/c1-10-4-5-12(21-10)15-18-11(2)13(22-15)14(20)16-7-9-19-8-3-6-17-19/h3-6,8H,7,9H2,1-2H3,(H,16,20). The molecule has 0 bridgehead atoms. The lowest BCUT2D eigenvalue weighted by atomic mass is 10.3. The number of thiazole rings is 1. The van der Waals surface area contributed by atoms with Crippen molar-refractivity contribution < 1.29 is 9.21 Å². The number of hydrogen-bond acceptors (Lipinski definition) is 5. The number of hydrogen-bond donors (Lipinski definition) is 1. The fourth-order valence-electron chi connectivity index (χ4n) is 2.06. The van der Waals surface area contributed by atoms with E-state index in [-0.39, 0.29) is 5.91 Å². The first-order valence-electron chi connectivity index (χ1n) is 6.93. The molecule has 22 heavy (non-hydrogen) atoms. The summed E-state index contributed by atoms with van der Waals surface area (Å²) in [5, 5.41) is 7.71. The molecule has 0 unspecified atom stereocenters. The van der Waals surface area contributed by atoms with Crippen molar-refractivity contribution in [2.24, 2.45) is 0 Å². The number of nitrogens with zero attached hydrogens (tertiary/aromatic N) is 3. The Morgan fingerprint density at radius 3 is 2.95 bits per heavy atom. The zero-order valence-electron chi connectivity index (χ0n) is 12.4. The number of nitrogens with one attached hydrogen (secondary N) is 1. The zero-order valence-corrected chi connectivity index (χ0v) is 13.2. The molecule has 114 valence electrons. The SMILES string of the molecule is Cc1ccc(-c2nc(C)c(C(=O)NCCn3cccn3)s2)o1. The molecule has 0 spiro atoms. The van der Waals surface area contributed by atoms with Crippen LogP contribution in [0.5, 0.6) is 0 Å². The van der Waals surface area contributed by atoms with E-state index in [9.17, 15) is 4.79 Å². The Labute approximate surface area is 131 Å². The van der Waals surface area contributed by atoms with Crippen molar-refractivity contribution in [1.29, 1.82) is 0 Å². The van der Waals surface area contributed by atoms with Gasteiger partial charge in [0, 0.05) is 18.9 Å². The van der Waals surface area contributed by atoms with Gasteiger partial charge in [0.2, 0.25) is 0 Å². The maximum absolute atomic E-state index is 12.2. The molecule has 0 aliphatic heterocycles. The highest BCUT2D eigenvalue weighted by Crippen LogP contribution is 2.29. The van der Waals surface area contributed by atoms with E-state index in [4.69, 9.17) is 4.42 Å². The number of aromatic nitrogens is 3. The Morgan fingerprint density at radius 1 is 1.41 bits per heavy atom. The predicted octanol–water partition coefficient (Wildman–Crippen LogP) is 2.65. The van der Waals surface area contributed by atoms with Crippen molar-refractivity contribution in [2.75, 3.05) is 6.54 Å². The van der Waals surface area contributed by atoms with Crippen LogP contribution in [-0.4, -0.2) is 27.2 Å². The minimum atomic E-state index is -0.114. The molecular formula is C15H16N4O2S. The van der Waals surface area contributed by atoms with Gasteiger partial charge in [-0.25, -0.2) is 4.98 Å². The summed E-state index contributed by atoms with van der Waals surface area (Å²) in [4.78, 5) is 17.3. The third-order valence-electron chi connectivity index (χ3n) is 3.14. The van der Waals surface area contributed by atoms with Gasteiger partial charge in [-0.1, -0.05) is 0 Å². The molecule has 7 heteroatoms. The molecule has 3 aromatic heterocycles. The van der Waals surface area contributed by atoms with Crippen molar-refractivity contribution in [2.45, 2.75) is 20.4 Å². The van der Waals surface area contributed by atoms with Gasteiger partial charge in [-0.05, 0) is 32.0 Å². The number of furan rings is 1. The predicted molar refractivity (Wildman–Crippen MR) is 83.9 cm³/mol. The Bertz CT molecular complexity index is 773. The highest BCUT2D eigenvalue weighted by molar-refractivity contribution is 7.17. The van der Waals surface area contributed by atoms with Gasteiger partial charge in [0.15, 0.2) is 10.8 Å². The van der Waals surface area contributed by atoms with E-state index in [1.165, 1.54) is 11.3 Å². The second-order valence-corrected chi connectivity index (χ2v) is 5.87. The van der Waals surface area contributed by atoms with E-state index >= 15 is 0 Å². The molecule has 3 rings (SSSR count). The molecule has 0 aliphatic rings. The lowest BCUT2D eigenvalue weighted by molar-refractivity contribution is 0.0955. The molecule has 3 heterocycles. The normalized spacial score (nSPS) is 10.8. The monoisotopic (exact) mass is 316 g/mol. The average molecular weight is 316 g/mol. The van der Waals surface area contributed by atoms with Crippen LogP contribution in [0.1, 0.15) is 21.1 Å². The second-order valence-electron chi connectivity index (χ2n) is 4.87. The van der Waals surface area contributed by atoms with Gasteiger partial charge in [0.1, 0.15) is 10.6 Å². The Hall–Kier alpha value is -2.41. The molecule has 0 saturated heterocycles. The topological polar surface area (TPSA) is 73.0 Å². The summed E-state index contributed by atoms with van der Waals surface area (Å²) in [7, 11) is 0. The zero-order chi connectivity index (χ0) is 15.5. The van der Waals surface area contributed by atoms with E-state index in [2.05, 4.69) is 15.4 Å². The van der Waals surface area contributed by atoms with E-state index in [1.807, 2.05) is 38.2 Å². The molecular weight excluding hydrogens is 300 g/mol. The van der Waals surface area contributed by atoms with Gasteiger partial charge < -0.3 is 9.73 Å². The van der Waals surface area contributed by atoms with Crippen LogP contribution in [0.15, 0.2) is 35.0 Å². The Morgan fingerprint density at radius 2 is 2.27 bits per heavy atom. The summed E-state index contributed by atoms with van der Waals surface area (Å²) in [5.41, 5.74) is 0.714. The van der Waals surface area contributed by atoms with Gasteiger partial charge >= 0.3 is 0 Å². The van der Waals surface area contributed by atoms with Crippen molar-refractivity contribution in [1.82, 2.24) is 20.1 Å². The Balaban J connectivity index is 1.66. The van der Waals surface area contributed by atoms with Gasteiger partial charge in [0.05, 0.1) is 12.2 Å². The highest BCUT2D eigenvalue weighted by Gasteiger charge is 2.17. The molecule has 0 aliphatic carbocycles. The lowest BCUT2D eigenvalue weighted by Crippen LogP contribution is -2.27. The quantitative estimate of drug-likeness (QED) is 0.785. The summed E-state index contributed by atoms with van der Waals surface area (Å²) in [5.74, 6) is 1.41. The first-order valence-corrected chi connectivity index (χ1v) is 7.75. The molecule has 6 nitrogen and oxygen atoms in total. The van der Waals surface area contributed by atoms with Gasteiger partial charge in [-0.3, -0.25) is 9.48 Å². The van der Waals surface area contributed by atoms with E-state index in [0.717, 1.165) is 10.8 Å². The third kappa shape index (κ3) is 3.09. The molecule has 1 N–H and O–H groups in total. The van der Waals surface area contributed by atoms with E-state index in [0.29, 0.717) is 29.4 Å². The van der Waals surface area contributed by atoms with Crippen LogP contribution in [0.25, 0.3) is 10.8 Å². The maximum atomic E-state index is 12.2. The first-order chi connectivity index (χ1) is 10.6. The molecule has 0 saturated carbocycles. The minimum absolute atomic E-state index is 0.114. The van der Waals surface area contributed by atoms with Crippen LogP contribution < -0.4 is 5.32 Å². The number of aryl methyl sites for hydroxylation is 2. The van der Waals surface area contributed by atoms with Crippen LogP contribution in [0.4, 0.5) is 0 Å². The van der Waals surface area contributed by atoms with Crippen molar-refractivity contribution >= 4 is 17.2 Å². The molecule has 1 amide bonds. The van der Waals surface area contributed by atoms with Crippen molar-refractivity contribution in [3.63, 3.8) is 0 Å². The fourth-order valence-corrected chi connectivity index (χ4v) is 3.00. The summed E-state index contributed by atoms with van der Waals surface area (Å²) in [6.07, 6.45) is 3.58. The maximum Gasteiger partial charge on any atom is 0.263 e.